The van der Waals surface area contributed by atoms with Gasteiger partial charge in [0, 0.05) is 24.5 Å². The van der Waals surface area contributed by atoms with Crippen molar-refractivity contribution in [2.45, 2.75) is 81.9 Å². The molecule has 2 aliphatic heterocycles. The number of benzene rings is 1. The molecule has 6 heteroatoms. The summed E-state index contributed by atoms with van der Waals surface area (Å²) in [6.07, 6.45) is 10.7. The van der Waals surface area contributed by atoms with Crippen LogP contribution in [0.15, 0.2) is 18.2 Å². The molecule has 0 radical (unpaired) electrons. The summed E-state index contributed by atoms with van der Waals surface area (Å²) >= 11 is 0. The number of carbonyl (C=O) groups excluding carboxylic acids is 1. The molecule has 2 N–H and O–H groups in total. The summed E-state index contributed by atoms with van der Waals surface area (Å²) < 4.78 is 11.1. The van der Waals surface area contributed by atoms with Gasteiger partial charge in [-0.15, -0.1) is 0 Å². The van der Waals surface area contributed by atoms with Gasteiger partial charge in [0.05, 0.1) is 12.1 Å². The molecule has 30 heavy (non-hydrogen) atoms. The summed E-state index contributed by atoms with van der Waals surface area (Å²) in [6, 6.07) is 6.46. The van der Waals surface area contributed by atoms with E-state index in [4.69, 9.17) is 9.47 Å². The van der Waals surface area contributed by atoms with Crippen LogP contribution in [0.5, 0.6) is 11.5 Å². The Morgan fingerprint density at radius 2 is 1.87 bits per heavy atom. The normalized spacial score (nSPS) is 31.9. The zero-order valence-electron chi connectivity index (χ0n) is 17.8. The van der Waals surface area contributed by atoms with E-state index in [1.165, 1.54) is 19.3 Å². The van der Waals surface area contributed by atoms with Crippen LogP contribution >= 0.6 is 0 Å². The number of amides is 1. The first-order valence-electron chi connectivity index (χ1n) is 11.8. The fourth-order valence-electron chi connectivity index (χ4n) is 6.16. The van der Waals surface area contributed by atoms with Crippen LogP contribution in [0.25, 0.3) is 0 Å². The number of nitrogens with zero attached hydrogens (tertiary/aromatic N) is 1. The van der Waals surface area contributed by atoms with E-state index in [9.17, 15) is 9.90 Å². The van der Waals surface area contributed by atoms with Gasteiger partial charge in [-0.05, 0) is 49.8 Å². The van der Waals surface area contributed by atoms with Crippen LogP contribution in [0.3, 0.4) is 0 Å². The maximum absolute atomic E-state index is 12.9. The number of fused-ring (bicyclic) bond motifs is 2. The fourth-order valence-corrected chi connectivity index (χ4v) is 6.16. The number of hydrogen-bond acceptors (Lipinski definition) is 5. The third kappa shape index (κ3) is 3.92. The van der Waals surface area contributed by atoms with Crippen molar-refractivity contribution in [3.63, 3.8) is 0 Å². The van der Waals surface area contributed by atoms with E-state index in [0.717, 1.165) is 68.6 Å². The van der Waals surface area contributed by atoms with Crippen molar-refractivity contribution in [2.24, 2.45) is 5.92 Å². The molecule has 1 amide bonds. The van der Waals surface area contributed by atoms with Crippen molar-refractivity contribution < 1.29 is 19.4 Å². The number of rotatable bonds is 4. The average Bonchev–Trinajstić information content (AvgIpc) is 3.22. The molecule has 3 fully saturated rings. The Bertz CT molecular complexity index is 778. The van der Waals surface area contributed by atoms with Gasteiger partial charge >= 0.3 is 0 Å². The van der Waals surface area contributed by atoms with Gasteiger partial charge in [-0.3, -0.25) is 9.69 Å². The van der Waals surface area contributed by atoms with E-state index in [-0.39, 0.29) is 24.7 Å². The van der Waals surface area contributed by atoms with Crippen molar-refractivity contribution >= 4 is 5.91 Å². The van der Waals surface area contributed by atoms with Crippen molar-refractivity contribution in [1.29, 1.82) is 0 Å². The zero-order chi connectivity index (χ0) is 20.6. The first-order valence-corrected chi connectivity index (χ1v) is 11.8. The van der Waals surface area contributed by atoms with Gasteiger partial charge in [0.2, 0.25) is 12.7 Å². The molecule has 5 rings (SSSR count). The Kier molecular flexibility index (Phi) is 5.63. The Morgan fingerprint density at radius 1 is 1.07 bits per heavy atom. The fraction of sp³-hybridized carbons (Fsp3) is 0.708. The third-order valence-corrected chi connectivity index (χ3v) is 7.73. The van der Waals surface area contributed by atoms with Crippen molar-refractivity contribution in [1.82, 2.24) is 10.2 Å². The molecule has 1 aromatic rings. The number of nitrogens with one attached hydrogen (secondary N) is 1. The molecule has 1 saturated heterocycles. The molecule has 0 aromatic heterocycles. The molecule has 0 unspecified atom stereocenters. The molecular formula is C24H34N2O4. The molecule has 2 heterocycles. The number of aliphatic hydroxyl groups is 1. The van der Waals surface area contributed by atoms with Crippen LogP contribution in [0, 0.1) is 5.92 Å². The quantitative estimate of drug-likeness (QED) is 0.789. The Morgan fingerprint density at radius 3 is 2.73 bits per heavy atom. The van der Waals surface area contributed by atoms with Crippen LogP contribution in [0.1, 0.15) is 75.8 Å². The highest BCUT2D eigenvalue weighted by molar-refractivity contribution is 5.78. The van der Waals surface area contributed by atoms with E-state index in [0.29, 0.717) is 12.6 Å². The predicted molar refractivity (Wildman–Crippen MR) is 113 cm³/mol. The Labute approximate surface area is 178 Å². The average molecular weight is 415 g/mol. The summed E-state index contributed by atoms with van der Waals surface area (Å²) in [5, 5.41) is 14.7. The lowest BCUT2D eigenvalue weighted by Gasteiger charge is -2.52. The second kappa shape index (κ2) is 8.39. The molecule has 4 aliphatic rings. The van der Waals surface area contributed by atoms with Gasteiger partial charge in [0.1, 0.15) is 0 Å². The first kappa shape index (κ1) is 20.1. The van der Waals surface area contributed by atoms with Crippen molar-refractivity contribution in [3.05, 3.63) is 23.8 Å². The number of ether oxygens (including phenoxy) is 2. The van der Waals surface area contributed by atoms with Crippen LogP contribution in [0.4, 0.5) is 0 Å². The molecule has 0 bridgehead atoms. The Hall–Kier alpha value is -1.79. The van der Waals surface area contributed by atoms with Gasteiger partial charge < -0.3 is 19.9 Å². The van der Waals surface area contributed by atoms with Gasteiger partial charge in [0.15, 0.2) is 11.5 Å². The van der Waals surface area contributed by atoms with Crippen molar-refractivity contribution in [2.75, 3.05) is 19.9 Å². The largest absolute Gasteiger partial charge is 0.454 e. The lowest BCUT2D eigenvalue weighted by atomic mass is 9.66. The SMILES string of the molecule is O=C(CN1CC[C@@]2(O)CCCC[C@H]2[C@H]1c1ccc2c(c1)OCO2)NC1CCCCC1. The second-order valence-electron chi connectivity index (χ2n) is 9.64. The number of likely N-dealkylation sites (tertiary alicyclic amines) is 1. The van der Waals surface area contributed by atoms with E-state index in [2.05, 4.69) is 22.3 Å². The highest BCUT2D eigenvalue weighted by atomic mass is 16.7. The number of carbonyl (C=O) groups is 1. The van der Waals surface area contributed by atoms with Crippen molar-refractivity contribution in [3.8, 4) is 11.5 Å². The molecule has 164 valence electrons. The van der Waals surface area contributed by atoms with Gasteiger partial charge in [-0.2, -0.15) is 0 Å². The summed E-state index contributed by atoms with van der Waals surface area (Å²) in [5.74, 6) is 1.80. The smallest absolute Gasteiger partial charge is 0.234 e. The number of piperidine rings is 1. The number of hydrogen-bond donors (Lipinski definition) is 2. The molecule has 2 saturated carbocycles. The minimum atomic E-state index is -0.629. The predicted octanol–water partition coefficient (Wildman–Crippen LogP) is 3.53. The molecule has 2 aliphatic carbocycles. The molecular weight excluding hydrogens is 380 g/mol. The Balaban J connectivity index is 1.38. The minimum absolute atomic E-state index is 0.0238. The summed E-state index contributed by atoms with van der Waals surface area (Å²) in [4.78, 5) is 15.2. The van der Waals surface area contributed by atoms with Crippen LogP contribution in [0.2, 0.25) is 0 Å². The molecule has 6 nitrogen and oxygen atoms in total. The van der Waals surface area contributed by atoms with Crippen LogP contribution in [-0.2, 0) is 4.79 Å². The summed E-state index contributed by atoms with van der Waals surface area (Å²) in [5.41, 5.74) is 0.491. The van der Waals surface area contributed by atoms with Gasteiger partial charge in [-0.25, -0.2) is 0 Å². The van der Waals surface area contributed by atoms with Gasteiger partial charge in [0.25, 0.3) is 0 Å². The van der Waals surface area contributed by atoms with E-state index in [1.54, 1.807) is 0 Å². The topological polar surface area (TPSA) is 71.0 Å². The molecule has 1 aromatic carbocycles. The molecule has 3 atom stereocenters. The standard InChI is InChI=1S/C24H34N2O4/c27-22(25-18-6-2-1-3-7-18)15-26-13-12-24(28)11-5-4-8-19(24)23(26)17-9-10-20-21(14-17)30-16-29-20/h9-10,14,18-19,23,28H,1-8,11-13,15-16H2,(H,25,27)/t19-,23+,24-/m0/s1. The minimum Gasteiger partial charge on any atom is -0.454 e. The first-order chi connectivity index (χ1) is 14.6. The maximum atomic E-state index is 12.9. The lowest BCUT2D eigenvalue weighted by molar-refractivity contribution is -0.138. The summed E-state index contributed by atoms with van der Waals surface area (Å²) in [6.45, 7) is 1.39. The van der Waals surface area contributed by atoms with E-state index < -0.39 is 5.60 Å². The van der Waals surface area contributed by atoms with Crippen LogP contribution < -0.4 is 14.8 Å². The lowest BCUT2D eigenvalue weighted by Crippen LogP contribution is -2.56. The van der Waals surface area contributed by atoms with E-state index in [1.807, 2.05) is 6.07 Å². The van der Waals surface area contributed by atoms with Crippen LogP contribution in [-0.4, -0.2) is 47.4 Å². The molecule has 0 spiro atoms. The second-order valence-corrected chi connectivity index (χ2v) is 9.64. The van der Waals surface area contributed by atoms with Gasteiger partial charge in [-0.1, -0.05) is 38.2 Å². The highest BCUT2D eigenvalue weighted by Gasteiger charge is 2.49. The maximum Gasteiger partial charge on any atom is 0.234 e. The van der Waals surface area contributed by atoms with E-state index >= 15 is 0 Å². The summed E-state index contributed by atoms with van der Waals surface area (Å²) in [7, 11) is 0. The third-order valence-electron chi connectivity index (χ3n) is 7.73. The highest BCUT2D eigenvalue weighted by Crippen LogP contribution is 2.50. The monoisotopic (exact) mass is 414 g/mol. The zero-order valence-corrected chi connectivity index (χ0v) is 17.8.